The molecule has 3 rings (SSSR count). The molecule has 25 heavy (non-hydrogen) atoms. The summed E-state index contributed by atoms with van der Waals surface area (Å²) in [6, 6.07) is 9.84. The molecular weight excluding hydrogens is 322 g/mol. The average Bonchev–Trinajstić information content (AvgIpc) is 2.55. The molecule has 126 valence electrons. The van der Waals surface area contributed by atoms with Gasteiger partial charge < -0.3 is 9.15 Å². The molecule has 0 spiro atoms. The van der Waals surface area contributed by atoms with E-state index in [1.807, 2.05) is 0 Å². The van der Waals surface area contributed by atoms with Crippen molar-refractivity contribution < 1.29 is 18.7 Å². The molecule has 1 heterocycles. The molecule has 0 bridgehead atoms. The number of ketones is 1. The number of para-hydroxylation sites is 1. The number of carbonyl (C=O) groups excluding carboxylic acids is 2. The molecule has 0 aliphatic carbocycles. The number of esters is 1. The van der Waals surface area contributed by atoms with E-state index in [4.69, 9.17) is 9.15 Å². The number of benzene rings is 2. The maximum absolute atomic E-state index is 12.2. The third-order valence-corrected chi connectivity index (χ3v) is 3.71. The summed E-state index contributed by atoms with van der Waals surface area (Å²) in [6.45, 7) is 4.39. The minimum atomic E-state index is -0.485. The van der Waals surface area contributed by atoms with E-state index in [2.05, 4.69) is 4.98 Å². The Morgan fingerprint density at radius 1 is 1.12 bits per heavy atom. The van der Waals surface area contributed by atoms with Crippen molar-refractivity contribution in [2.24, 2.45) is 0 Å². The van der Waals surface area contributed by atoms with Crippen LogP contribution in [-0.2, 0) is 4.79 Å². The van der Waals surface area contributed by atoms with E-state index in [9.17, 15) is 14.4 Å². The highest BCUT2D eigenvalue weighted by Crippen LogP contribution is 2.31. The molecule has 0 aliphatic rings. The van der Waals surface area contributed by atoms with Crippen molar-refractivity contribution in [1.82, 2.24) is 4.98 Å². The summed E-state index contributed by atoms with van der Waals surface area (Å²) in [7, 11) is 0. The summed E-state index contributed by atoms with van der Waals surface area (Å²) in [5.74, 6) is -0.419. The van der Waals surface area contributed by atoms with Gasteiger partial charge in [-0.1, -0.05) is 12.1 Å². The molecule has 6 nitrogen and oxygen atoms in total. The first-order valence-electron chi connectivity index (χ1n) is 7.61. The number of rotatable bonds is 3. The molecule has 3 aromatic rings. The molecule has 2 aromatic carbocycles. The molecule has 0 aliphatic heterocycles. The van der Waals surface area contributed by atoms with Crippen LogP contribution in [0.2, 0.25) is 0 Å². The summed E-state index contributed by atoms with van der Waals surface area (Å²) >= 11 is 0. The number of hydrogen-bond donors (Lipinski definition) is 0. The van der Waals surface area contributed by atoms with Crippen molar-refractivity contribution in [2.45, 2.75) is 20.8 Å². The number of carbonyl (C=O) groups is 2. The second-order valence-electron chi connectivity index (χ2n) is 5.63. The van der Waals surface area contributed by atoms with Gasteiger partial charge in [0.15, 0.2) is 5.78 Å². The SMILES string of the molecule is CC(=O)Oc1cc(C(C)=O)c(-c2nc(=O)c3ccccc3o2)cc1C. The van der Waals surface area contributed by atoms with Gasteiger partial charge in [-0.05, 0) is 43.7 Å². The predicted molar refractivity (Wildman–Crippen MR) is 91.8 cm³/mol. The lowest BCUT2D eigenvalue weighted by Gasteiger charge is -2.11. The fourth-order valence-corrected chi connectivity index (χ4v) is 2.55. The molecule has 0 saturated carbocycles. The number of hydrogen-bond acceptors (Lipinski definition) is 6. The molecule has 0 amide bonds. The van der Waals surface area contributed by atoms with Crippen LogP contribution in [0, 0.1) is 6.92 Å². The molecule has 6 heteroatoms. The van der Waals surface area contributed by atoms with Crippen molar-refractivity contribution in [3.8, 4) is 17.2 Å². The van der Waals surface area contributed by atoms with Gasteiger partial charge in [0, 0.05) is 18.1 Å². The van der Waals surface area contributed by atoms with Crippen LogP contribution < -0.4 is 10.3 Å². The first kappa shape index (κ1) is 16.6. The largest absolute Gasteiger partial charge is 0.437 e. The molecule has 0 N–H and O–H groups in total. The number of aromatic nitrogens is 1. The van der Waals surface area contributed by atoms with Crippen LogP contribution in [0.1, 0.15) is 29.8 Å². The van der Waals surface area contributed by atoms with Gasteiger partial charge in [0.05, 0.1) is 5.39 Å². The zero-order valence-corrected chi connectivity index (χ0v) is 14.0. The monoisotopic (exact) mass is 337 g/mol. The van der Waals surface area contributed by atoms with E-state index in [-0.39, 0.29) is 23.0 Å². The Morgan fingerprint density at radius 3 is 2.52 bits per heavy atom. The zero-order valence-electron chi connectivity index (χ0n) is 14.0. The van der Waals surface area contributed by atoms with Crippen LogP contribution in [-0.4, -0.2) is 16.7 Å². The van der Waals surface area contributed by atoms with Crippen molar-refractivity contribution in [1.29, 1.82) is 0 Å². The van der Waals surface area contributed by atoms with Crippen molar-refractivity contribution in [3.63, 3.8) is 0 Å². The highest BCUT2D eigenvalue weighted by molar-refractivity contribution is 6.01. The lowest BCUT2D eigenvalue weighted by molar-refractivity contribution is -0.131. The molecule has 1 aromatic heterocycles. The fourth-order valence-electron chi connectivity index (χ4n) is 2.55. The van der Waals surface area contributed by atoms with Crippen molar-refractivity contribution >= 4 is 22.7 Å². The Balaban J connectivity index is 2.26. The Morgan fingerprint density at radius 2 is 1.84 bits per heavy atom. The van der Waals surface area contributed by atoms with Gasteiger partial charge in [-0.15, -0.1) is 0 Å². The number of Topliss-reactive ketones (excluding diaryl/α,β-unsaturated/α-hetero) is 1. The van der Waals surface area contributed by atoms with Crippen molar-refractivity contribution in [3.05, 3.63) is 57.9 Å². The fraction of sp³-hybridized carbons (Fsp3) is 0.158. The van der Waals surface area contributed by atoms with Gasteiger partial charge in [0.1, 0.15) is 11.3 Å². The van der Waals surface area contributed by atoms with E-state index in [0.717, 1.165) is 0 Å². The second-order valence-corrected chi connectivity index (χ2v) is 5.63. The average molecular weight is 337 g/mol. The lowest BCUT2D eigenvalue weighted by atomic mass is 10.0. The minimum absolute atomic E-state index is 0.0476. The van der Waals surface area contributed by atoms with E-state index >= 15 is 0 Å². The normalized spacial score (nSPS) is 10.7. The van der Waals surface area contributed by atoms with Crippen LogP contribution in [0.25, 0.3) is 22.4 Å². The van der Waals surface area contributed by atoms with Gasteiger partial charge in [0.2, 0.25) is 5.89 Å². The first-order chi connectivity index (χ1) is 11.9. The predicted octanol–water partition coefficient (Wildman–Crippen LogP) is 3.29. The maximum Gasteiger partial charge on any atom is 0.308 e. The van der Waals surface area contributed by atoms with Gasteiger partial charge in [-0.2, -0.15) is 4.98 Å². The summed E-state index contributed by atoms with van der Waals surface area (Å²) in [5, 5.41) is 0.365. The summed E-state index contributed by atoms with van der Waals surface area (Å²) in [4.78, 5) is 39.5. The minimum Gasteiger partial charge on any atom is -0.437 e. The van der Waals surface area contributed by atoms with E-state index in [1.165, 1.54) is 19.9 Å². The van der Waals surface area contributed by atoms with Crippen molar-refractivity contribution in [2.75, 3.05) is 0 Å². The van der Waals surface area contributed by atoms with E-state index < -0.39 is 11.5 Å². The summed E-state index contributed by atoms with van der Waals surface area (Å²) in [6.07, 6.45) is 0. The molecule has 0 unspecified atom stereocenters. The van der Waals surface area contributed by atoms with Crippen LogP contribution in [0.4, 0.5) is 0 Å². The molecular formula is C19H15NO5. The third kappa shape index (κ3) is 3.19. The quantitative estimate of drug-likeness (QED) is 0.414. The summed E-state index contributed by atoms with van der Waals surface area (Å²) in [5.41, 5.74) is 1.20. The molecule has 0 atom stereocenters. The smallest absolute Gasteiger partial charge is 0.308 e. The standard InChI is InChI=1S/C19H15NO5/c1-10-8-15(14(11(2)21)9-17(10)24-12(3)22)19-20-18(23)13-6-4-5-7-16(13)25-19/h4-9H,1-3H3. The first-order valence-corrected chi connectivity index (χ1v) is 7.61. The molecule has 0 saturated heterocycles. The van der Waals surface area contributed by atoms with Gasteiger partial charge >= 0.3 is 5.97 Å². The topological polar surface area (TPSA) is 86.5 Å². The van der Waals surface area contributed by atoms with Gasteiger partial charge in [0.25, 0.3) is 5.56 Å². The Bertz CT molecular complexity index is 1070. The van der Waals surface area contributed by atoms with E-state index in [0.29, 0.717) is 22.1 Å². The Labute approximate surface area is 143 Å². The van der Waals surface area contributed by atoms with Crippen LogP contribution in [0.5, 0.6) is 5.75 Å². The number of nitrogens with zero attached hydrogens (tertiary/aromatic N) is 1. The molecule has 0 radical (unpaired) electrons. The zero-order chi connectivity index (χ0) is 18.1. The number of ether oxygens (including phenoxy) is 1. The maximum atomic E-state index is 12.2. The molecule has 0 fully saturated rings. The van der Waals surface area contributed by atoms with Gasteiger partial charge in [-0.3, -0.25) is 14.4 Å². The highest BCUT2D eigenvalue weighted by Gasteiger charge is 2.18. The second kappa shape index (κ2) is 6.32. The highest BCUT2D eigenvalue weighted by atomic mass is 16.5. The number of fused-ring (bicyclic) bond motifs is 1. The lowest BCUT2D eigenvalue weighted by Crippen LogP contribution is -2.10. The Kier molecular flexibility index (Phi) is 4.19. The van der Waals surface area contributed by atoms with E-state index in [1.54, 1.807) is 37.3 Å². The van der Waals surface area contributed by atoms with Gasteiger partial charge in [-0.25, -0.2) is 0 Å². The Hall–Kier alpha value is -3.28. The third-order valence-electron chi connectivity index (χ3n) is 3.71. The van der Waals surface area contributed by atoms with Crippen LogP contribution in [0.3, 0.4) is 0 Å². The van der Waals surface area contributed by atoms with Crippen LogP contribution >= 0.6 is 0 Å². The van der Waals surface area contributed by atoms with Crippen LogP contribution in [0.15, 0.2) is 45.6 Å². The summed E-state index contributed by atoms with van der Waals surface area (Å²) < 4.78 is 10.8. The number of aryl methyl sites for hydroxylation is 1.